The molecule has 3 saturated heterocycles. The molecular formula is C12H20N4O8S. The molecule has 0 radical (unpaired) electrons. The van der Waals surface area contributed by atoms with Crippen molar-refractivity contribution >= 4 is 22.3 Å². The molecule has 0 aliphatic carbocycles. The molecule has 3 aliphatic rings. The van der Waals surface area contributed by atoms with Crippen LogP contribution in [0.15, 0.2) is 0 Å². The molecule has 0 spiro atoms. The normalized spacial score (nSPS) is 29.8. The summed E-state index contributed by atoms with van der Waals surface area (Å²) in [7, 11) is -4.81. The second-order valence-electron chi connectivity index (χ2n) is 6.01. The topological polar surface area (TPSA) is 147 Å². The molecule has 12 nitrogen and oxygen atoms in total. The molecule has 3 N–H and O–H groups in total. The number of hydrogen-bond donors (Lipinski definition) is 3. The van der Waals surface area contributed by atoms with Crippen LogP contribution in [0.1, 0.15) is 12.8 Å². The predicted octanol–water partition coefficient (Wildman–Crippen LogP) is -1.97. The zero-order valence-corrected chi connectivity index (χ0v) is 14.1. The highest BCUT2D eigenvalue weighted by Crippen LogP contribution is 2.30. The quantitative estimate of drug-likeness (QED) is 0.352. The molecule has 0 saturated carbocycles. The minimum atomic E-state index is -4.81. The molecule has 3 aliphatic heterocycles. The van der Waals surface area contributed by atoms with E-state index in [1.165, 1.54) is 4.90 Å². The van der Waals surface area contributed by atoms with Crippen LogP contribution in [0.5, 0.6) is 0 Å². The van der Waals surface area contributed by atoms with E-state index in [1.54, 1.807) is 0 Å². The van der Waals surface area contributed by atoms with Gasteiger partial charge in [0.05, 0.1) is 31.9 Å². The Kier molecular flexibility index (Phi) is 5.41. The van der Waals surface area contributed by atoms with Gasteiger partial charge >= 0.3 is 16.4 Å². The summed E-state index contributed by atoms with van der Waals surface area (Å²) in [6, 6.07) is -2.16. The van der Waals surface area contributed by atoms with E-state index < -0.39 is 34.4 Å². The lowest BCUT2D eigenvalue weighted by Gasteiger charge is -2.29. The van der Waals surface area contributed by atoms with Gasteiger partial charge in [-0.3, -0.25) is 14.2 Å². The molecule has 3 rings (SSSR count). The Hall–Kier alpha value is -1.51. The molecule has 25 heavy (non-hydrogen) atoms. The monoisotopic (exact) mass is 380 g/mol. The maximum Gasteiger partial charge on any atom is 0.418 e. The second kappa shape index (κ2) is 7.39. The average Bonchev–Trinajstić information content (AvgIpc) is 2.79. The van der Waals surface area contributed by atoms with Crippen LogP contribution in [-0.4, -0.2) is 85.9 Å². The summed E-state index contributed by atoms with van der Waals surface area (Å²) in [4.78, 5) is 30.8. The smallest absolute Gasteiger partial charge is 0.378 e. The number of amides is 3. The third-order valence-electron chi connectivity index (χ3n) is 4.26. The lowest BCUT2D eigenvalue weighted by molar-refractivity contribution is -0.140. The zero-order valence-electron chi connectivity index (χ0n) is 13.3. The first-order valence-electron chi connectivity index (χ1n) is 7.85. The van der Waals surface area contributed by atoms with E-state index in [0.717, 1.165) is 0 Å². The number of hydrogen-bond acceptors (Lipinski definition) is 8. The molecule has 0 aromatic carbocycles. The van der Waals surface area contributed by atoms with Gasteiger partial charge in [-0.15, -0.1) is 4.28 Å². The molecule has 3 atom stereocenters. The van der Waals surface area contributed by atoms with Gasteiger partial charge in [-0.05, 0) is 12.8 Å². The first kappa shape index (κ1) is 18.3. The van der Waals surface area contributed by atoms with Gasteiger partial charge in [-0.25, -0.2) is 10.3 Å². The summed E-state index contributed by atoms with van der Waals surface area (Å²) in [5, 5.41) is 3.75. The van der Waals surface area contributed by atoms with Gasteiger partial charge in [-0.2, -0.15) is 13.5 Å². The Bertz CT molecular complexity index is 623. The SMILES string of the molecule is O=C(NOCC1COCCN1)C1CCC2CN1C(=O)N2OS(=O)(=O)O. The summed E-state index contributed by atoms with van der Waals surface area (Å²) >= 11 is 0. The van der Waals surface area contributed by atoms with Gasteiger partial charge in [0.1, 0.15) is 6.04 Å². The Morgan fingerprint density at radius 2 is 2.24 bits per heavy atom. The van der Waals surface area contributed by atoms with Crippen LogP contribution < -0.4 is 10.8 Å². The van der Waals surface area contributed by atoms with E-state index in [4.69, 9.17) is 14.1 Å². The van der Waals surface area contributed by atoms with E-state index in [2.05, 4.69) is 15.1 Å². The van der Waals surface area contributed by atoms with Gasteiger partial charge in [0.2, 0.25) is 0 Å². The van der Waals surface area contributed by atoms with Gasteiger partial charge in [0, 0.05) is 13.1 Å². The van der Waals surface area contributed by atoms with Gasteiger partial charge in [0.25, 0.3) is 5.91 Å². The largest absolute Gasteiger partial charge is 0.418 e. The molecule has 2 bridgehead atoms. The first-order valence-corrected chi connectivity index (χ1v) is 9.21. The maximum atomic E-state index is 12.3. The fourth-order valence-corrected chi connectivity index (χ4v) is 3.50. The van der Waals surface area contributed by atoms with Crippen molar-refractivity contribution in [2.75, 3.05) is 32.9 Å². The molecular weight excluding hydrogens is 360 g/mol. The number of nitrogens with zero attached hydrogens (tertiary/aromatic N) is 2. The van der Waals surface area contributed by atoms with E-state index >= 15 is 0 Å². The lowest BCUT2D eigenvalue weighted by atomic mass is 10.0. The van der Waals surface area contributed by atoms with E-state index in [-0.39, 0.29) is 19.2 Å². The number of fused-ring (bicyclic) bond motifs is 2. The van der Waals surface area contributed by atoms with Crippen molar-refractivity contribution in [1.29, 1.82) is 0 Å². The molecule has 3 fully saturated rings. The van der Waals surface area contributed by atoms with Crippen LogP contribution in [-0.2, 0) is 29.1 Å². The van der Waals surface area contributed by atoms with Crippen LogP contribution in [0.4, 0.5) is 4.79 Å². The van der Waals surface area contributed by atoms with Crippen molar-refractivity contribution in [3.8, 4) is 0 Å². The summed E-state index contributed by atoms with van der Waals surface area (Å²) < 4.78 is 40.0. The molecule has 3 unspecified atom stereocenters. The number of morpholine rings is 1. The van der Waals surface area contributed by atoms with E-state index in [9.17, 15) is 18.0 Å². The first-order chi connectivity index (χ1) is 11.8. The van der Waals surface area contributed by atoms with Crippen LogP contribution in [0.3, 0.4) is 0 Å². The van der Waals surface area contributed by atoms with Crippen molar-refractivity contribution in [3.05, 3.63) is 0 Å². The van der Waals surface area contributed by atoms with Crippen LogP contribution >= 0.6 is 0 Å². The van der Waals surface area contributed by atoms with Crippen LogP contribution in [0, 0.1) is 0 Å². The molecule has 3 amide bonds. The molecule has 3 heterocycles. The fourth-order valence-electron chi connectivity index (χ4n) is 3.11. The summed E-state index contributed by atoms with van der Waals surface area (Å²) in [5.41, 5.74) is 2.31. The van der Waals surface area contributed by atoms with Gasteiger partial charge < -0.3 is 15.0 Å². The Labute approximate surface area is 144 Å². The molecule has 13 heteroatoms. The van der Waals surface area contributed by atoms with Crippen molar-refractivity contribution in [2.24, 2.45) is 0 Å². The fraction of sp³-hybridized carbons (Fsp3) is 0.833. The predicted molar refractivity (Wildman–Crippen MR) is 80.1 cm³/mol. The standard InChI is InChI=1S/C12H20N4O8S/c17-11(14-23-7-8-6-22-4-3-13-8)10-2-1-9-5-15(10)12(18)16(9)24-25(19,20)21/h8-10,13H,1-7H2,(H,14,17)(H,19,20,21). The minimum Gasteiger partial charge on any atom is -0.378 e. The third kappa shape index (κ3) is 4.37. The molecule has 142 valence electrons. The molecule has 0 aromatic rings. The molecule has 0 aromatic heterocycles. The van der Waals surface area contributed by atoms with Crippen LogP contribution in [0.2, 0.25) is 0 Å². The maximum absolute atomic E-state index is 12.3. The highest BCUT2D eigenvalue weighted by atomic mass is 32.3. The van der Waals surface area contributed by atoms with Crippen molar-refractivity contribution < 1.29 is 36.4 Å². The van der Waals surface area contributed by atoms with Crippen LogP contribution in [0.25, 0.3) is 0 Å². The van der Waals surface area contributed by atoms with E-state index in [0.29, 0.717) is 37.7 Å². The average molecular weight is 380 g/mol. The number of piperidine rings is 1. The Balaban J connectivity index is 1.51. The van der Waals surface area contributed by atoms with Crippen molar-refractivity contribution in [2.45, 2.75) is 31.0 Å². The highest BCUT2D eigenvalue weighted by molar-refractivity contribution is 7.80. The van der Waals surface area contributed by atoms with Gasteiger partial charge in [0.15, 0.2) is 0 Å². The summed E-state index contributed by atoms with van der Waals surface area (Å²) in [6.07, 6.45) is 0.676. The number of carbonyl (C=O) groups is 2. The number of ether oxygens (including phenoxy) is 1. The summed E-state index contributed by atoms with van der Waals surface area (Å²) in [5.74, 6) is -0.503. The van der Waals surface area contributed by atoms with E-state index in [1.807, 2.05) is 0 Å². The highest BCUT2D eigenvalue weighted by Gasteiger charge is 2.49. The summed E-state index contributed by atoms with van der Waals surface area (Å²) in [6.45, 7) is 2.16. The Morgan fingerprint density at radius 3 is 2.92 bits per heavy atom. The van der Waals surface area contributed by atoms with Gasteiger partial charge in [-0.1, -0.05) is 0 Å². The lowest BCUT2D eigenvalue weighted by Crippen LogP contribution is -2.51. The third-order valence-corrected chi connectivity index (χ3v) is 4.60. The second-order valence-corrected chi connectivity index (χ2v) is 7.02. The zero-order chi connectivity index (χ0) is 18.0. The minimum absolute atomic E-state index is 0.0307. The number of nitrogens with one attached hydrogen (secondary N) is 2. The van der Waals surface area contributed by atoms with Crippen molar-refractivity contribution in [1.82, 2.24) is 20.8 Å². The number of carbonyl (C=O) groups excluding carboxylic acids is 2. The number of rotatable bonds is 6. The number of urea groups is 1. The number of hydroxylamine groups is 3. The van der Waals surface area contributed by atoms with Crippen molar-refractivity contribution in [3.63, 3.8) is 0 Å². The Morgan fingerprint density at radius 1 is 1.44 bits per heavy atom.